The number of aromatic nitrogens is 2. The number of halogens is 1. The number of aliphatic hydroxyl groups excluding tert-OH is 1. The molecule has 2 heterocycles. The molecule has 0 radical (unpaired) electrons. The molecule has 1 aliphatic rings. The van der Waals surface area contributed by atoms with Gasteiger partial charge in [0.05, 0.1) is 12.3 Å². The Morgan fingerprint density at radius 1 is 1.57 bits per heavy atom. The predicted molar refractivity (Wildman–Crippen MR) is 72.9 cm³/mol. The van der Waals surface area contributed by atoms with Crippen molar-refractivity contribution in [3.8, 4) is 0 Å². The number of nitrogens with one attached hydrogen (secondary N) is 1. The van der Waals surface area contributed by atoms with Crippen molar-refractivity contribution in [3.63, 3.8) is 0 Å². The molecular formula is C11H14FN2O8P. The van der Waals surface area contributed by atoms with Crippen LogP contribution in [0, 0.1) is 5.82 Å². The number of hydrogen-bond acceptors (Lipinski definition) is 6. The van der Waals surface area contributed by atoms with E-state index in [1.165, 1.54) is 0 Å². The largest absolute Gasteiger partial charge is 0.470 e. The van der Waals surface area contributed by atoms with E-state index in [2.05, 4.69) is 11.1 Å². The van der Waals surface area contributed by atoms with E-state index in [0.717, 1.165) is 10.6 Å². The van der Waals surface area contributed by atoms with Crippen molar-refractivity contribution < 1.29 is 33.1 Å². The zero-order valence-electron chi connectivity index (χ0n) is 11.5. The second-order valence-electron chi connectivity index (χ2n) is 4.80. The summed E-state index contributed by atoms with van der Waals surface area (Å²) in [5.41, 5.74) is -2.16. The lowest BCUT2D eigenvalue weighted by molar-refractivity contribution is -0.0667. The van der Waals surface area contributed by atoms with Gasteiger partial charge >= 0.3 is 13.5 Å². The molecule has 0 amide bonds. The van der Waals surface area contributed by atoms with Gasteiger partial charge in [-0.05, 0) is 0 Å². The molecule has 12 heteroatoms. The van der Waals surface area contributed by atoms with Gasteiger partial charge in [-0.3, -0.25) is 18.9 Å². The summed E-state index contributed by atoms with van der Waals surface area (Å²) >= 11 is 0. The Morgan fingerprint density at radius 3 is 2.78 bits per heavy atom. The Hall–Kier alpha value is -1.62. The second kappa shape index (κ2) is 6.48. The zero-order chi connectivity index (χ0) is 17.4. The van der Waals surface area contributed by atoms with Crippen LogP contribution >= 0.6 is 7.82 Å². The lowest BCUT2D eigenvalue weighted by Crippen LogP contribution is -2.36. The first kappa shape index (κ1) is 17.7. The number of aliphatic hydroxyl groups is 1. The first-order chi connectivity index (χ1) is 10.6. The van der Waals surface area contributed by atoms with Crippen LogP contribution in [0.2, 0.25) is 0 Å². The molecular weight excluding hydrogens is 338 g/mol. The Kier molecular flexibility index (Phi) is 4.99. The molecule has 0 aliphatic carbocycles. The SMILES string of the molecule is C=C[C@H](OP(=O)(O)O)[C@H]1O[C@@H](n2cc(F)c(=O)[nH]c2=O)CC1O. The number of phosphoric acid groups is 1. The number of nitrogens with zero attached hydrogens (tertiary/aromatic N) is 1. The maximum absolute atomic E-state index is 13.3. The highest BCUT2D eigenvalue weighted by Gasteiger charge is 2.42. The molecule has 0 spiro atoms. The standard InChI is InChI=1S/C11H14FN2O8P/c1-2-7(22-23(18,19)20)9-6(15)3-8(21-9)14-4-5(12)10(16)13-11(14)17/h2,4,6-9,15H,1,3H2,(H,13,16,17)(H2,18,19,20)/t6?,7-,8+,9-/m0/s1. The first-order valence-corrected chi connectivity index (χ1v) is 7.86. The molecule has 4 atom stereocenters. The van der Waals surface area contributed by atoms with Crippen molar-refractivity contribution in [2.45, 2.75) is 31.0 Å². The average Bonchev–Trinajstić information content (AvgIpc) is 2.81. The maximum Gasteiger partial charge on any atom is 0.470 e. The fourth-order valence-electron chi connectivity index (χ4n) is 2.21. The van der Waals surface area contributed by atoms with Crippen LogP contribution in [0.15, 0.2) is 28.4 Å². The number of H-pyrrole nitrogens is 1. The Bertz CT molecular complexity index is 755. The summed E-state index contributed by atoms with van der Waals surface area (Å²) in [7, 11) is -4.87. The van der Waals surface area contributed by atoms with Gasteiger partial charge in [-0.25, -0.2) is 9.36 Å². The lowest BCUT2D eigenvalue weighted by Gasteiger charge is -2.23. The van der Waals surface area contributed by atoms with Crippen molar-refractivity contribution in [1.29, 1.82) is 0 Å². The fraction of sp³-hybridized carbons (Fsp3) is 0.455. The van der Waals surface area contributed by atoms with Gasteiger partial charge in [-0.15, -0.1) is 6.58 Å². The maximum atomic E-state index is 13.3. The third-order valence-corrected chi connectivity index (χ3v) is 3.70. The van der Waals surface area contributed by atoms with E-state index in [4.69, 9.17) is 14.5 Å². The Labute approximate surface area is 128 Å². The lowest BCUT2D eigenvalue weighted by atomic mass is 10.1. The monoisotopic (exact) mass is 352 g/mol. The molecule has 0 bridgehead atoms. The summed E-state index contributed by atoms with van der Waals surface area (Å²) in [6.45, 7) is 3.33. The minimum Gasteiger partial charge on any atom is -0.390 e. The van der Waals surface area contributed by atoms with Crippen molar-refractivity contribution in [2.24, 2.45) is 0 Å². The summed E-state index contributed by atoms with van der Waals surface area (Å²) in [4.78, 5) is 42.0. The van der Waals surface area contributed by atoms with Gasteiger partial charge in [0.1, 0.15) is 18.4 Å². The topological polar surface area (TPSA) is 151 Å². The summed E-state index contributed by atoms with van der Waals surface area (Å²) in [5, 5.41) is 9.95. The van der Waals surface area contributed by atoms with E-state index in [9.17, 15) is 23.7 Å². The fourth-order valence-corrected chi connectivity index (χ4v) is 2.74. The van der Waals surface area contributed by atoms with Crippen LogP contribution in [0.4, 0.5) is 4.39 Å². The molecule has 128 valence electrons. The molecule has 4 N–H and O–H groups in total. The molecule has 1 unspecified atom stereocenters. The van der Waals surface area contributed by atoms with Crippen molar-refractivity contribution in [3.05, 3.63) is 45.5 Å². The molecule has 23 heavy (non-hydrogen) atoms. The summed E-state index contributed by atoms with van der Waals surface area (Å²) in [6.07, 6.45) is -3.58. The van der Waals surface area contributed by atoms with Gasteiger partial charge in [0.15, 0.2) is 0 Å². The van der Waals surface area contributed by atoms with E-state index in [0.29, 0.717) is 6.20 Å². The van der Waals surface area contributed by atoms with E-state index < -0.39 is 49.4 Å². The van der Waals surface area contributed by atoms with Gasteiger partial charge in [0.2, 0.25) is 5.82 Å². The molecule has 10 nitrogen and oxygen atoms in total. The van der Waals surface area contributed by atoms with Gasteiger partial charge in [-0.1, -0.05) is 6.08 Å². The molecule has 1 saturated heterocycles. The second-order valence-corrected chi connectivity index (χ2v) is 5.99. The predicted octanol–water partition coefficient (Wildman–Crippen LogP) is -1.01. The Morgan fingerprint density at radius 2 is 2.22 bits per heavy atom. The summed E-state index contributed by atoms with van der Waals surface area (Å²) in [5.74, 6) is -1.22. The first-order valence-electron chi connectivity index (χ1n) is 6.33. The third-order valence-electron chi connectivity index (χ3n) is 3.19. The molecule has 1 aliphatic heterocycles. The van der Waals surface area contributed by atoms with Crippen molar-refractivity contribution >= 4 is 7.82 Å². The van der Waals surface area contributed by atoms with Gasteiger partial charge in [0, 0.05) is 6.42 Å². The van der Waals surface area contributed by atoms with Crippen LogP contribution in [-0.2, 0) is 13.8 Å². The van der Waals surface area contributed by atoms with Crippen LogP contribution in [0.5, 0.6) is 0 Å². The highest BCUT2D eigenvalue weighted by Crippen LogP contribution is 2.41. The summed E-state index contributed by atoms with van der Waals surface area (Å²) < 4.78 is 34.7. The van der Waals surface area contributed by atoms with Crippen LogP contribution in [-0.4, -0.2) is 42.8 Å². The van der Waals surface area contributed by atoms with Gasteiger partial charge < -0.3 is 19.6 Å². The van der Waals surface area contributed by atoms with E-state index in [1.54, 1.807) is 4.98 Å². The highest BCUT2D eigenvalue weighted by molar-refractivity contribution is 7.46. The molecule has 0 aromatic carbocycles. The molecule has 1 aromatic heterocycles. The highest BCUT2D eigenvalue weighted by atomic mass is 31.2. The molecule has 0 saturated carbocycles. The van der Waals surface area contributed by atoms with Gasteiger partial charge in [0.25, 0.3) is 5.56 Å². The number of hydrogen-bond donors (Lipinski definition) is 4. The normalized spacial score (nSPS) is 26.2. The quantitative estimate of drug-likeness (QED) is 0.389. The number of aromatic amines is 1. The molecule has 1 fully saturated rings. The van der Waals surface area contributed by atoms with Crippen molar-refractivity contribution in [2.75, 3.05) is 0 Å². The molecule has 1 aromatic rings. The molecule has 2 rings (SSSR count). The van der Waals surface area contributed by atoms with Crippen molar-refractivity contribution in [1.82, 2.24) is 9.55 Å². The number of phosphoric ester groups is 1. The third kappa shape index (κ3) is 4.02. The number of rotatable bonds is 5. The smallest absolute Gasteiger partial charge is 0.390 e. The van der Waals surface area contributed by atoms with E-state index in [1.807, 2.05) is 0 Å². The Balaban J connectivity index is 2.26. The van der Waals surface area contributed by atoms with E-state index in [-0.39, 0.29) is 6.42 Å². The summed E-state index contributed by atoms with van der Waals surface area (Å²) in [6, 6.07) is 0. The minimum absolute atomic E-state index is 0.190. The number of ether oxygens (including phenoxy) is 1. The van der Waals surface area contributed by atoms with E-state index >= 15 is 0 Å². The van der Waals surface area contributed by atoms with Crippen LogP contribution < -0.4 is 11.2 Å². The average molecular weight is 352 g/mol. The van der Waals surface area contributed by atoms with Gasteiger partial charge in [-0.2, -0.15) is 4.39 Å². The zero-order valence-corrected chi connectivity index (χ0v) is 12.4. The van der Waals surface area contributed by atoms with Crippen LogP contribution in [0.25, 0.3) is 0 Å². The van der Waals surface area contributed by atoms with Crippen LogP contribution in [0.3, 0.4) is 0 Å². The minimum atomic E-state index is -4.87. The van der Waals surface area contributed by atoms with Crippen LogP contribution in [0.1, 0.15) is 12.6 Å².